The molecular formula is C15H23ClN2O2. The maximum absolute atomic E-state index is 6.23. The van der Waals surface area contributed by atoms with Crippen LogP contribution in [0.1, 0.15) is 11.1 Å². The molecule has 0 aliphatic carbocycles. The molecule has 0 aromatic heterocycles. The number of hydrogen-bond acceptors (Lipinski definition) is 4. The number of hydrogen-bond donors (Lipinski definition) is 1. The van der Waals surface area contributed by atoms with Crippen LogP contribution in [-0.4, -0.2) is 51.8 Å². The normalized spacial score (nSPS) is 16.4. The molecule has 112 valence electrons. The molecule has 0 spiro atoms. The predicted octanol–water partition coefficient (Wildman–Crippen LogP) is 1.94. The Kier molecular flexibility index (Phi) is 6.10. The molecule has 0 saturated carbocycles. The summed E-state index contributed by atoms with van der Waals surface area (Å²) in [7, 11) is 3.35. The molecule has 2 rings (SSSR count). The average Bonchev–Trinajstić information content (AvgIpc) is 2.48. The fourth-order valence-electron chi connectivity index (χ4n) is 2.53. The van der Waals surface area contributed by atoms with Gasteiger partial charge in [-0.1, -0.05) is 11.6 Å². The largest absolute Gasteiger partial charge is 0.495 e. The van der Waals surface area contributed by atoms with Crippen LogP contribution in [0.2, 0.25) is 5.02 Å². The molecule has 1 aromatic carbocycles. The molecule has 1 saturated heterocycles. The van der Waals surface area contributed by atoms with Crippen LogP contribution in [0.25, 0.3) is 0 Å². The molecular weight excluding hydrogens is 276 g/mol. The van der Waals surface area contributed by atoms with Crippen LogP contribution in [0.3, 0.4) is 0 Å². The van der Waals surface area contributed by atoms with Gasteiger partial charge < -0.3 is 19.7 Å². The fraction of sp³-hybridized carbons (Fsp3) is 0.600. The van der Waals surface area contributed by atoms with Gasteiger partial charge in [0.25, 0.3) is 0 Å². The van der Waals surface area contributed by atoms with Crippen molar-refractivity contribution in [2.45, 2.75) is 13.0 Å². The number of rotatable bonds is 6. The topological polar surface area (TPSA) is 33.7 Å². The van der Waals surface area contributed by atoms with Crippen LogP contribution in [0, 0.1) is 0 Å². The lowest BCUT2D eigenvalue weighted by Crippen LogP contribution is -2.44. The average molecular weight is 299 g/mol. The van der Waals surface area contributed by atoms with E-state index in [2.05, 4.69) is 10.2 Å². The Hall–Kier alpha value is -0.810. The van der Waals surface area contributed by atoms with Crippen molar-refractivity contribution in [2.75, 3.05) is 46.9 Å². The first kappa shape index (κ1) is 15.6. The van der Waals surface area contributed by atoms with Crippen molar-refractivity contribution in [1.29, 1.82) is 0 Å². The number of halogens is 1. The summed E-state index contributed by atoms with van der Waals surface area (Å²) in [6, 6.07) is 4.00. The highest BCUT2D eigenvalue weighted by molar-refractivity contribution is 6.32. The first-order valence-corrected chi connectivity index (χ1v) is 7.39. The zero-order chi connectivity index (χ0) is 14.4. The summed E-state index contributed by atoms with van der Waals surface area (Å²) in [5, 5.41) is 4.04. The summed E-state index contributed by atoms with van der Waals surface area (Å²) >= 11 is 6.23. The van der Waals surface area contributed by atoms with Crippen molar-refractivity contribution in [3.63, 3.8) is 0 Å². The highest BCUT2D eigenvalue weighted by Gasteiger charge is 2.13. The summed E-state index contributed by atoms with van der Waals surface area (Å²) < 4.78 is 10.6. The number of piperazine rings is 1. The van der Waals surface area contributed by atoms with E-state index in [1.165, 1.54) is 5.56 Å². The van der Waals surface area contributed by atoms with Gasteiger partial charge in [0.15, 0.2) is 0 Å². The zero-order valence-electron chi connectivity index (χ0n) is 12.2. The van der Waals surface area contributed by atoms with Crippen LogP contribution in [0.4, 0.5) is 0 Å². The van der Waals surface area contributed by atoms with Crippen molar-refractivity contribution in [2.24, 2.45) is 0 Å². The Labute approximate surface area is 126 Å². The molecule has 0 atom stereocenters. The molecule has 5 heteroatoms. The summed E-state index contributed by atoms with van der Waals surface area (Å²) in [6.07, 6.45) is 0.988. The SMILES string of the molecule is COCc1cc(OC)c(Cl)cc1CCN1CCNCC1. The van der Waals surface area contributed by atoms with Crippen molar-refractivity contribution < 1.29 is 9.47 Å². The number of methoxy groups -OCH3 is 2. The number of nitrogens with one attached hydrogen (secondary N) is 1. The molecule has 0 amide bonds. The molecule has 1 N–H and O–H groups in total. The van der Waals surface area contributed by atoms with Gasteiger partial charge in [-0.25, -0.2) is 0 Å². The zero-order valence-corrected chi connectivity index (χ0v) is 13.0. The van der Waals surface area contributed by atoms with Gasteiger partial charge in [-0.3, -0.25) is 0 Å². The third-order valence-corrected chi connectivity index (χ3v) is 3.98. The molecule has 1 heterocycles. The van der Waals surface area contributed by atoms with Crippen molar-refractivity contribution in [1.82, 2.24) is 10.2 Å². The quantitative estimate of drug-likeness (QED) is 0.870. The van der Waals surface area contributed by atoms with Crippen LogP contribution in [-0.2, 0) is 17.8 Å². The minimum Gasteiger partial charge on any atom is -0.495 e. The third kappa shape index (κ3) is 4.09. The van der Waals surface area contributed by atoms with Gasteiger partial charge in [0.05, 0.1) is 18.7 Å². The van der Waals surface area contributed by atoms with E-state index in [0.29, 0.717) is 17.4 Å². The van der Waals surface area contributed by atoms with Crippen LogP contribution < -0.4 is 10.1 Å². The molecule has 0 unspecified atom stereocenters. The van der Waals surface area contributed by atoms with Gasteiger partial charge in [-0.15, -0.1) is 0 Å². The van der Waals surface area contributed by atoms with Crippen LogP contribution in [0.15, 0.2) is 12.1 Å². The molecule has 0 radical (unpaired) electrons. The van der Waals surface area contributed by atoms with E-state index < -0.39 is 0 Å². The second-order valence-corrected chi connectivity index (χ2v) is 5.44. The van der Waals surface area contributed by atoms with Gasteiger partial charge in [-0.05, 0) is 29.7 Å². The predicted molar refractivity (Wildman–Crippen MR) is 81.7 cm³/mol. The van der Waals surface area contributed by atoms with Gasteiger partial charge in [0, 0.05) is 39.8 Å². The summed E-state index contributed by atoms with van der Waals surface area (Å²) in [5.41, 5.74) is 2.40. The van der Waals surface area contributed by atoms with E-state index in [-0.39, 0.29) is 0 Å². The third-order valence-electron chi connectivity index (χ3n) is 3.68. The summed E-state index contributed by atoms with van der Waals surface area (Å²) in [6.45, 7) is 6.03. The van der Waals surface area contributed by atoms with Crippen molar-refractivity contribution in [3.05, 3.63) is 28.3 Å². The molecule has 0 bridgehead atoms. The second kappa shape index (κ2) is 7.84. The van der Waals surface area contributed by atoms with Gasteiger partial charge in [0.1, 0.15) is 5.75 Å². The maximum atomic E-state index is 6.23. The Morgan fingerprint density at radius 1 is 1.20 bits per heavy atom. The number of nitrogens with zero attached hydrogens (tertiary/aromatic N) is 1. The van der Waals surface area contributed by atoms with Crippen LogP contribution in [0.5, 0.6) is 5.75 Å². The molecule has 1 aromatic rings. The van der Waals surface area contributed by atoms with Gasteiger partial charge in [0.2, 0.25) is 0 Å². The standard InChI is InChI=1S/C15H23ClN2O2/c1-19-11-13-10-15(20-2)14(16)9-12(13)3-6-18-7-4-17-5-8-18/h9-10,17H,3-8,11H2,1-2H3. The van der Waals surface area contributed by atoms with Crippen molar-refractivity contribution >= 4 is 11.6 Å². The lowest BCUT2D eigenvalue weighted by atomic mass is 10.0. The Bertz CT molecular complexity index is 434. The van der Waals surface area contributed by atoms with Gasteiger partial charge in [-0.2, -0.15) is 0 Å². The maximum Gasteiger partial charge on any atom is 0.137 e. The summed E-state index contributed by atoms with van der Waals surface area (Å²) in [4.78, 5) is 2.48. The van der Waals surface area contributed by atoms with E-state index in [4.69, 9.17) is 21.1 Å². The van der Waals surface area contributed by atoms with E-state index in [0.717, 1.165) is 44.7 Å². The molecule has 20 heavy (non-hydrogen) atoms. The number of ether oxygens (including phenoxy) is 2. The number of benzene rings is 1. The molecule has 1 aliphatic rings. The fourth-order valence-corrected chi connectivity index (χ4v) is 2.79. The highest BCUT2D eigenvalue weighted by atomic mass is 35.5. The van der Waals surface area contributed by atoms with E-state index >= 15 is 0 Å². The highest BCUT2D eigenvalue weighted by Crippen LogP contribution is 2.29. The second-order valence-electron chi connectivity index (χ2n) is 5.03. The van der Waals surface area contributed by atoms with Gasteiger partial charge >= 0.3 is 0 Å². The lowest BCUT2D eigenvalue weighted by Gasteiger charge is -2.27. The Morgan fingerprint density at radius 3 is 2.60 bits per heavy atom. The lowest BCUT2D eigenvalue weighted by molar-refractivity contribution is 0.183. The molecule has 1 aliphatic heterocycles. The first-order chi connectivity index (χ1) is 9.74. The minimum atomic E-state index is 0.588. The van der Waals surface area contributed by atoms with E-state index in [1.54, 1.807) is 14.2 Å². The monoisotopic (exact) mass is 298 g/mol. The summed E-state index contributed by atoms with van der Waals surface area (Å²) in [5.74, 6) is 0.713. The Balaban J connectivity index is 2.06. The first-order valence-electron chi connectivity index (χ1n) is 7.02. The molecule has 4 nitrogen and oxygen atoms in total. The van der Waals surface area contributed by atoms with E-state index in [9.17, 15) is 0 Å². The smallest absolute Gasteiger partial charge is 0.137 e. The Morgan fingerprint density at radius 2 is 1.95 bits per heavy atom. The minimum absolute atomic E-state index is 0.588. The van der Waals surface area contributed by atoms with Crippen LogP contribution >= 0.6 is 11.6 Å². The van der Waals surface area contributed by atoms with Crippen molar-refractivity contribution in [3.8, 4) is 5.75 Å². The molecule has 1 fully saturated rings. The van der Waals surface area contributed by atoms with E-state index in [1.807, 2.05) is 12.1 Å².